The average molecular weight is 276 g/mol. The molecule has 1 atom stereocenters. The molecule has 1 saturated carbocycles. The van der Waals surface area contributed by atoms with Crippen LogP contribution in [0.15, 0.2) is 0 Å². The molecule has 0 spiro atoms. The molecule has 1 aliphatic carbocycles. The van der Waals surface area contributed by atoms with Gasteiger partial charge in [-0.15, -0.1) is 0 Å². The lowest BCUT2D eigenvalue weighted by atomic mass is 10.2. The number of aliphatic carboxylic acids is 1. The first-order chi connectivity index (χ1) is 8.40. The Morgan fingerprint density at radius 2 is 1.83 bits per heavy atom. The summed E-state index contributed by atoms with van der Waals surface area (Å²) in [6.45, 7) is 3.45. The molecule has 0 amide bonds. The maximum Gasteiger partial charge on any atom is 0.320 e. The Bertz CT molecular complexity index is 411. The molecule has 104 valence electrons. The number of hydrogen-bond donors (Lipinski definition) is 1. The molecule has 1 N–H and O–H groups in total. The van der Waals surface area contributed by atoms with Crippen molar-refractivity contribution in [1.29, 1.82) is 0 Å². The molecule has 2 rings (SSSR count). The van der Waals surface area contributed by atoms with E-state index in [1.165, 1.54) is 4.31 Å². The van der Waals surface area contributed by atoms with E-state index in [9.17, 15) is 13.2 Å². The van der Waals surface area contributed by atoms with Crippen molar-refractivity contribution in [1.82, 2.24) is 9.21 Å². The van der Waals surface area contributed by atoms with Crippen molar-refractivity contribution in [3.05, 3.63) is 0 Å². The van der Waals surface area contributed by atoms with Gasteiger partial charge in [0.05, 0.1) is 5.75 Å². The largest absolute Gasteiger partial charge is 0.480 e. The van der Waals surface area contributed by atoms with Crippen LogP contribution in [0.25, 0.3) is 0 Å². The zero-order valence-corrected chi connectivity index (χ0v) is 11.4. The predicted octanol–water partition coefficient (Wildman–Crippen LogP) is -0.183. The minimum atomic E-state index is -3.13. The highest BCUT2D eigenvalue weighted by Gasteiger charge is 2.34. The van der Waals surface area contributed by atoms with Crippen LogP contribution < -0.4 is 0 Å². The Hall–Kier alpha value is -0.660. The van der Waals surface area contributed by atoms with Crippen LogP contribution in [0.4, 0.5) is 0 Å². The van der Waals surface area contributed by atoms with Crippen LogP contribution in [-0.4, -0.2) is 66.7 Å². The number of piperazine rings is 1. The van der Waals surface area contributed by atoms with Gasteiger partial charge in [0.2, 0.25) is 10.0 Å². The fraction of sp³-hybridized carbons (Fsp3) is 0.909. The molecule has 1 unspecified atom stereocenters. The standard InChI is InChI=1S/C11H20N2O4S/c1-9(11(14)15)12-4-6-13(7-5-12)18(16,17)8-10-2-3-10/h9-10H,2-8H2,1H3,(H,14,15). The molecule has 0 aromatic rings. The summed E-state index contributed by atoms with van der Waals surface area (Å²) in [5, 5.41) is 8.91. The van der Waals surface area contributed by atoms with Crippen LogP contribution in [0.1, 0.15) is 19.8 Å². The minimum absolute atomic E-state index is 0.265. The number of hydrogen-bond acceptors (Lipinski definition) is 4. The van der Waals surface area contributed by atoms with E-state index in [0.29, 0.717) is 32.1 Å². The van der Waals surface area contributed by atoms with Gasteiger partial charge in [-0.05, 0) is 25.7 Å². The van der Waals surface area contributed by atoms with Crippen LogP contribution in [-0.2, 0) is 14.8 Å². The van der Waals surface area contributed by atoms with E-state index in [1.807, 2.05) is 4.90 Å². The monoisotopic (exact) mass is 276 g/mol. The Kier molecular flexibility index (Phi) is 3.93. The van der Waals surface area contributed by atoms with E-state index in [2.05, 4.69) is 0 Å². The van der Waals surface area contributed by atoms with Crippen molar-refractivity contribution in [2.45, 2.75) is 25.8 Å². The topological polar surface area (TPSA) is 77.9 Å². The average Bonchev–Trinajstić information content (AvgIpc) is 3.11. The lowest BCUT2D eigenvalue weighted by molar-refractivity contribution is -0.143. The summed E-state index contributed by atoms with van der Waals surface area (Å²) in [6, 6.07) is -0.543. The van der Waals surface area contributed by atoms with Gasteiger partial charge >= 0.3 is 5.97 Å². The number of rotatable bonds is 5. The summed E-state index contributed by atoms with van der Waals surface area (Å²) in [4.78, 5) is 12.7. The van der Waals surface area contributed by atoms with Crippen molar-refractivity contribution in [2.24, 2.45) is 5.92 Å². The van der Waals surface area contributed by atoms with Gasteiger partial charge in [0.1, 0.15) is 6.04 Å². The van der Waals surface area contributed by atoms with Crippen molar-refractivity contribution >= 4 is 16.0 Å². The van der Waals surface area contributed by atoms with E-state index >= 15 is 0 Å². The molecule has 1 heterocycles. The second-order valence-corrected chi connectivity index (χ2v) is 7.18. The number of carboxylic acids is 1. The number of carboxylic acid groups (broad SMARTS) is 1. The van der Waals surface area contributed by atoms with Crippen LogP contribution in [0.3, 0.4) is 0 Å². The molecule has 6 nitrogen and oxygen atoms in total. The Balaban J connectivity index is 1.87. The number of carbonyl (C=O) groups is 1. The third-order valence-electron chi connectivity index (χ3n) is 3.71. The van der Waals surface area contributed by atoms with Crippen LogP contribution in [0.5, 0.6) is 0 Å². The van der Waals surface area contributed by atoms with Gasteiger partial charge in [0.15, 0.2) is 0 Å². The molecular formula is C11H20N2O4S. The highest BCUT2D eigenvalue weighted by atomic mass is 32.2. The summed E-state index contributed by atoms with van der Waals surface area (Å²) < 4.78 is 25.6. The number of nitrogens with zero attached hydrogens (tertiary/aromatic N) is 2. The highest BCUT2D eigenvalue weighted by Crippen LogP contribution is 2.31. The molecule has 7 heteroatoms. The Labute approximate surface area is 108 Å². The van der Waals surface area contributed by atoms with Gasteiger partial charge in [-0.25, -0.2) is 8.42 Å². The van der Waals surface area contributed by atoms with Crippen LogP contribution >= 0.6 is 0 Å². The van der Waals surface area contributed by atoms with Gasteiger partial charge in [0, 0.05) is 26.2 Å². The molecule has 1 aliphatic heterocycles. The minimum Gasteiger partial charge on any atom is -0.480 e. The fourth-order valence-electron chi connectivity index (χ4n) is 2.21. The van der Waals surface area contributed by atoms with E-state index in [-0.39, 0.29) is 5.75 Å². The molecule has 0 bridgehead atoms. The highest BCUT2D eigenvalue weighted by molar-refractivity contribution is 7.89. The summed E-state index contributed by atoms with van der Waals surface area (Å²) in [5.41, 5.74) is 0. The second kappa shape index (κ2) is 5.14. The van der Waals surface area contributed by atoms with Crippen molar-refractivity contribution in [3.8, 4) is 0 Å². The van der Waals surface area contributed by atoms with Crippen molar-refractivity contribution in [2.75, 3.05) is 31.9 Å². The van der Waals surface area contributed by atoms with Gasteiger partial charge in [-0.1, -0.05) is 0 Å². The molecule has 18 heavy (non-hydrogen) atoms. The third-order valence-corrected chi connectivity index (χ3v) is 5.76. The lowest BCUT2D eigenvalue weighted by Crippen LogP contribution is -2.53. The molecule has 0 aromatic carbocycles. The lowest BCUT2D eigenvalue weighted by Gasteiger charge is -2.35. The number of sulfonamides is 1. The van der Waals surface area contributed by atoms with Crippen molar-refractivity contribution < 1.29 is 18.3 Å². The van der Waals surface area contributed by atoms with Gasteiger partial charge in [-0.3, -0.25) is 9.69 Å². The SMILES string of the molecule is CC(C(=O)O)N1CCN(S(=O)(=O)CC2CC2)CC1. The maximum atomic E-state index is 12.0. The summed E-state index contributed by atoms with van der Waals surface area (Å²) >= 11 is 0. The third kappa shape index (κ3) is 3.21. The van der Waals surface area contributed by atoms with Gasteiger partial charge < -0.3 is 5.11 Å². The van der Waals surface area contributed by atoms with E-state index in [1.54, 1.807) is 6.92 Å². The first-order valence-electron chi connectivity index (χ1n) is 6.35. The maximum absolute atomic E-state index is 12.0. The zero-order chi connectivity index (χ0) is 13.3. The molecular weight excluding hydrogens is 256 g/mol. The Morgan fingerprint density at radius 1 is 1.28 bits per heavy atom. The molecule has 0 aromatic heterocycles. The van der Waals surface area contributed by atoms with Crippen LogP contribution in [0.2, 0.25) is 0 Å². The first-order valence-corrected chi connectivity index (χ1v) is 7.96. The normalized spacial score (nSPS) is 24.9. The fourth-order valence-corrected chi connectivity index (χ4v) is 4.07. The van der Waals surface area contributed by atoms with E-state index < -0.39 is 22.0 Å². The zero-order valence-electron chi connectivity index (χ0n) is 10.6. The summed E-state index contributed by atoms with van der Waals surface area (Å²) in [5.74, 6) is -0.239. The quantitative estimate of drug-likeness (QED) is 0.753. The molecule has 2 aliphatic rings. The smallest absolute Gasteiger partial charge is 0.320 e. The van der Waals surface area contributed by atoms with E-state index in [0.717, 1.165) is 12.8 Å². The second-order valence-electron chi connectivity index (χ2n) is 5.17. The molecule has 0 radical (unpaired) electrons. The van der Waals surface area contributed by atoms with E-state index in [4.69, 9.17) is 5.11 Å². The van der Waals surface area contributed by atoms with Crippen molar-refractivity contribution in [3.63, 3.8) is 0 Å². The summed E-state index contributed by atoms with van der Waals surface area (Å²) in [7, 11) is -3.13. The van der Waals surface area contributed by atoms with Crippen LogP contribution in [0, 0.1) is 5.92 Å². The molecule has 1 saturated heterocycles. The predicted molar refractivity (Wildman–Crippen MR) is 66.8 cm³/mol. The summed E-state index contributed by atoms with van der Waals surface area (Å²) in [6.07, 6.45) is 2.05. The Morgan fingerprint density at radius 3 is 2.28 bits per heavy atom. The first kappa shape index (κ1) is 13.8. The van der Waals surface area contributed by atoms with Gasteiger partial charge in [0.25, 0.3) is 0 Å². The molecule has 2 fully saturated rings. The van der Waals surface area contributed by atoms with Gasteiger partial charge in [-0.2, -0.15) is 4.31 Å².